The number of carbonyl (C=O) groups is 1. The Kier molecular flexibility index (Phi) is 5.10. The quantitative estimate of drug-likeness (QED) is 0.846. The lowest BCUT2D eigenvalue weighted by atomic mass is 10.0. The number of alkyl halides is 3. The van der Waals surface area contributed by atoms with Crippen LogP contribution in [0.15, 0.2) is 30.3 Å². The molecule has 2 heterocycles. The molecule has 2 saturated heterocycles. The summed E-state index contributed by atoms with van der Waals surface area (Å²) < 4.78 is 45.9. The molecular weight excluding hydrogens is 321 g/mol. The lowest BCUT2D eigenvalue weighted by Gasteiger charge is -2.40. The second kappa shape index (κ2) is 7.11. The van der Waals surface area contributed by atoms with E-state index in [0.29, 0.717) is 32.7 Å². The van der Waals surface area contributed by atoms with Crippen LogP contribution in [0.3, 0.4) is 0 Å². The second-order valence-corrected chi connectivity index (χ2v) is 6.28. The summed E-state index contributed by atoms with van der Waals surface area (Å²) in [5.41, 5.74) is 0.244. The van der Waals surface area contributed by atoms with Crippen molar-refractivity contribution in [2.45, 2.75) is 18.6 Å². The molecule has 0 N–H and O–H groups in total. The number of rotatable bonds is 3. The van der Waals surface area contributed by atoms with Crippen molar-refractivity contribution in [2.75, 3.05) is 39.4 Å². The molecule has 1 amide bonds. The fraction of sp³-hybridized carbons (Fsp3) is 0.588. The summed E-state index contributed by atoms with van der Waals surface area (Å²) in [7, 11) is 0. The van der Waals surface area contributed by atoms with Gasteiger partial charge in [0.2, 0.25) is 5.91 Å². The van der Waals surface area contributed by atoms with E-state index in [0.717, 1.165) is 0 Å². The Hall–Kier alpha value is -1.60. The number of hydrogen-bond donors (Lipinski definition) is 0. The minimum Gasteiger partial charge on any atom is -0.381 e. The highest BCUT2D eigenvalue weighted by Crippen LogP contribution is 2.38. The van der Waals surface area contributed by atoms with Crippen LogP contribution < -0.4 is 0 Å². The normalized spacial score (nSPS) is 24.1. The third-order valence-corrected chi connectivity index (χ3v) is 4.70. The van der Waals surface area contributed by atoms with Crippen LogP contribution in [0, 0.1) is 5.92 Å². The molecular formula is C17H21F3N2O2. The highest BCUT2D eigenvalue weighted by molar-refractivity contribution is 5.79. The Bertz CT molecular complexity index is 551. The topological polar surface area (TPSA) is 32.8 Å². The summed E-state index contributed by atoms with van der Waals surface area (Å²) in [6, 6.07) is 6.33. The number of hydrogen-bond acceptors (Lipinski definition) is 3. The Morgan fingerprint density at radius 1 is 1.12 bits per heavy atom. The number of ether oxygens (including phenoxy) is 1. The zero-order chi connectivity index (χ0) is 17.2. The molecule has 2 aliphatic rings. The largest absolute Gasteiger partial charge is 0.408 e. The number of nitrogens with zero attached hydrogens (tertiary/aromatic N) is 2. The zero-order valence-electron chi connectivity index (χ0n) is 13.3. The van der Waals surface area contributed by atoms with Gasteiger partial charge in [0.25, 0.3) is 0 Å². The van der Waals surface area contributed by atoms with Crippen molar-refractivity contribution >= 4 is 5.91 Å². The predicted octanol–water partition coefficient (Wildman–Crippen LogP) is 2.47. The molecule has 2 unspecified atom stereocenters. The number of carbonyl (C=O) groups excluding carboxylic acids is 1. The molecule has 2 atom stereocenters. The smallest absolute Gasteiger partial charge is 0.381 e. The molecule has 132 valence electrons. The van der Waals surface area contributed by atoms with Crippen LogP contribution in [0.5, 0.6) is 0 Å². The van der Waals surface area contributed by atoms with Crippen LogP contribution in [0.4, 0.5) is 13.2 Å². The van der Waals surface area contributed by atoms with E-state index >= 15 is 0 Å². The van der Waals surface area contributed by atoms with E-state index in [-0.39, 0.29) is 30.5 Å². The first-order valence-corrected chi connectivity index (χ1v) is 8.19. The molecule has 2 fully saturated rings. The van der Waals surface area contributed by atoms with Gasteiger partial charge in [-0.05, 0) is 12.0 Å². The highest BCUT2D eigenvalue weighted by Gasteiger charge is 2.45. The monoisotopic (exact) mass is 342 g/mol. The zero-order valence-corrected chi connectivity index (χ0v) is 13.3. The van der Waals surface area contributed by atoms with Gasteiger partial charge in [-0.1, -0.05) is 30.3 Å². The Balaban J connectivity index is 1.66. The third kappa shape index (κ3) is 3.72. The molecule has 1 aromatic rings. The molecule has 0 saturated carbocycles. The average molecular weight is 342 g/mol. The Labute approximate surface area is 139 Å². The number of halogens is 3. The fourth-order valence-corrected chi connectivity index (χ4v) is 3.43. The van der Waals surface area contributed by atoms with Crippen molar-refractivity contribution in [1.29, 1.82) is 0 Å². The summed E-state index contributed by atoms with van der Waals surface area (Å²) in [5.74, 6) is -0.125. The van der Waals surface area contributed by atoms with E-state index in [1.165, 1.54) is 17.0 Å². The van der Waals surface area contributed by atoms with Crippen LogP contribution in [0.25, 0.3) is 0 Å². The average Bonchev–Trinajstić information content (AvgIpc) is 3.09. The SMILES string of the molecule is O=C(C1CCOC1)N1CCN(C(c2ccccc2)C(F)(F)F)CC1. The summed E-state index contributed by atoms with van der Waals surface area (Å²) in [4.78, 5) is 15.4. The number of piperazine rings is 1. The standard InChI is InChI=1S/C17H21F3N2O2/c18-17(19,20)15(13-4-2-1-3-5-13)21-7-9-22(10-8-21)16(23)14-6-11-24-12-14/h1-5,14-15H,6-12H2. The van der Waals surface area contributed by atoms with Crippen LogP contribution in [-0.2, 0) is 9.53 Å². The summed E-state index contributed by atoms with van der Waals surface area (Å²) in [5, 5.41) is 0. The van der Waals surface area contributed by atoms with Gasteiger partial charge in [0, 0.05) is 32.8 Å². The van der Waals surface area contributed by atoms with E-state index in [1.807, 2.05) is 0 Å². The van der Waals surface area contributed by atoms with E-state index in [1.54, 1.807) is 23.1 Å². The van der Waals surface area contributed by atoms with Crippen molar-refractivity contribution in [2.24, 2.45) is 5.92 Å². The summed E-state index contributed by atoms with van der Waals surface area (Å²) >= 11 is 0. The van der Waals surface area contributed by atoms with Gasteiger partial charge in [-0.3, -0.25) is 9.69 Å². The predicted molar refractivity (Wildman–Crippen MR) is 82.3 cm³/mol. The molecule has 0 bridgehead atoms. The van der Waals surface area contributed by atoms with E-state index < -0.39 is 12.2 Å². The van der Waals surface area contributed by atoms with Gasteiger partial charge in [0.1, 0.15) is 6.04 Å². The lowest BCUT2D eigenvalue weighted by molar-refractivity contribution is -0.191. The highest BCUT2D eigenvalue weighted by atomic mass is 19.4. The van der Waals surface area contributed by atoms with Crippen molar-refractivity contribution in [3.63, 3.8) is 0 Å². The van der Waals surface area contributed by atoms with Crippen molar-refractivity contribution < 1.29 is 22.7 Å². The molecule has 7 heteroatoms. The van der Waals surface area contributed by atoms with Crippen molar-refractivity contribution in [1.82, 2.24) is 9.80 Å². The van der Waals surface area contributed by atoms with Crippen molar-refractivity contribution in [3.8, 4) is 0 Å². The molecule has 24 heavy (non-hydrogen) atoms. The molecule has 0 spiro atoms. The first kappa shape index (κ1) is 17.2. The maximum atomic E-state index is 13.6. The van der Waals surface area contributed by atoms with E-state index in [2.05, 4.69) is 0 Å². The first-order valence-electron chi connectivity index (χ1n) is 8.19. The third-order valence-electron chi connectivity index (χ3n) is 4.70. The number of amides is 1. The summed E-state index contributed by atoms with van der Waals surface area (Å²) in [6.45, 7) is 2.11. The number of benzene rings is 1. The Morgan fingerprint density at radius 3 is 2.33 bits per heavy atom. The Morgan fingerprint density at radius 2 is 1.79 bits per heavy atom. The van der Waals surface area contributed by atoms with Gasteiger partial charge >= 0.3 is 6.18 Å². The van der Waals surface area contributed by atoms with Gasteiger partial charge < -0.3 is 9.64 Å². The molecule has 4 nitrogen and oxygen atoms in total. The minimum absolute atomic E-state index is 0.00965. The van der Waals surface area contributed by atoms with Crippen LogP contribution in [0.1, 0.15) is 18.0 Å². The fourth-order valence-electron chi connectivity index (χ4n) is 3.43. The molecule has 0 radical (unpaired) electrons. The second-order valence-electron chi connectivity index (χ2n) is 6.28. The van der Waals surface area contributed by atoms with Gasteiger partial charge in [0.15, 0.2) is 0 Å². The van der Waals surface area contributed by atoms with Crippen LogP contribution >= 0.6 is 0 Å². The lowest BCUT2D eigenvalue weighted by Crippen LogP contribution is -2.53. The molecule has 2 aliphatic heterocycles. The van der Waals surface area contributed by atoms with Gasteiger partial charge in [-0.15, -0.1) is 0 Å². The molecule has 3 rings (SSSR count). The molecule has 1 aromatic carbocycles. The first-order chi connectivity index (χ1) is 11.5. The van der Waals surface area contributed by atoms with Gasteiger partial charge in [-0.2, -0.15) is 13.2 Å². The van der Waals surface area contributed by atoms with E-state index in [4.69, 9.17) is 4.74 Å². The minimum atomic E-state index is -4.34. The van der Waals surface area contributed by atoms with Crippen molar-refractivity contribution in [3.05, 3.63) is 35.9 Å². The van der Waals surface area contributed by atoms with E-state index in [9.17, 15) is 18.0 Å². The molecule has 0 aromatic heterocycles. The van der Waals surface area contributed by atoms with Gasteiger partial charge in [0.05, 0.1) is 12.5 Å². The molecule has 0 aliphatic carbocycles. The maximum absolute atomic E-state index is 13.6. The van der Waals surface area contributed by atoms with Crippen LogP contribution in [0.2, 0.25) is 0 Å². The van der Waals surface area contributed by atoms with Crippen LogP contribution in [-0.4, -0.2) is 61.3 Å². The van der Waals surface area contributed by atoms with Gasteiger partial charge in [-0.25, -0.2) is 0 Å². The summed E-state index contributed by atoms with van der Waals surface area (Å²) in [6.07, 6.45) is -3.64. The maximum Gasteiger partial charge on any atom is 0.408 e.